The van der Waals surface area contributed by atoms with Crippen molar-refractivity contribution in [2.45, 2.75) is 99.4 Å². The van der Waals surface area contributed by atoms with E-state index in [2.05, 4.69) is 63.1 Å². The van der Waals surface area contributed by atoms with Crippen LogP contribution in [-0.2, 0) is 71.5 Å². The van der Waals surface area contributed by atoms with Gasteiger partial charge in [-0.15, -0.1) is 0 Å². The van der Waals surface area contributed by atoms with Crippen molar-refractivity contribution in [2.75, 3.05) is 40.4 Å². The van der Waals surface area contributed by atoms with Gasteiger partial charge in [-0.25, -0.2) is 4.39 Å². The van der Waals surface area contributed by atoms with Gasteiger partial charge < -0.3 is 59.2 Å². The Morgan fingerprint density at radius 1 is 0.272 bits per heavy atom. The number of rotatable bonds is 33. The van der Waals surface area contributed by atoms with Crippen molar-refractivity contribution in [1.82, 2.24) is 56.2 Å². The van der Waals surface area contributed by atoms with E-state index in [-0.39, 0.29) is 54.2 Å². The van der Waals surface area contributed by atoms with Crippen LogP contribution in [0.25, 0.3) is 65.5 Å². The van der Waals surface area contributed by atoms with Gasteiger partial charge in [0.05, 0.1) is 93.1 Å². The average Bonchev–Trinajstić information content (AvgIpc) is 0.833. The fourth-order valence-corrected chi connectivity index (χ4v) is 15.4. The van der Waals surface area contributed by atoms with E-state index in [9.17, 15) is 33.2 Å². The molecule has 0 aliphatic rings. The molecule has 0 aliphatic heterocycles. The number of aromatic nitrogens is 7. The average molecular weight is 2070 g/mol. The molecule has 147 heavy (non-hydrogen) atoms. The van der Waals surface area contributed by atoms with Crippen LogP contribution >= 0.6 is 58.0 Å². The Morgan fingerprint density at radius 3 is 0.884 bits per heavy atom. The van der Waals surface area contributed by atoms with Crippen LogP contribution < -0.4 is 49.7 Å². The van der Waals surface area contributed by atoms with Gasteiger partial charge in [-0.05, 0) is 241 Å². The lowest BCUT2D eigenvalue weighted by atomic mass is 10.1. The van der Waals surface area contributed by atoms with Crippen LogP contribution in [0.4, 0.5) is 4.39 Å². The first-order chi connectivity index (χ1) is 71.4. The summed E-state index contributed by atoms with van der Waals surface area (Å²) >= 11 is 29.8. The molecule has 0 atom stereocenters. The first-order valence-corrected chi connectivity index (χ1v) is 49.1. The predicted octanol–water partition coefficient (Wildman–Crippen LogP) is 25.3. The van der Waals surface area contributed by atoms with E-state index in [0.717, 1.165) is 141 Å². The molecular formula is C116H105Cl5FN11O14. The Bertz CT molecular complexity index is 7460. The SMILES string of the molecule is CCCCNC(=O)c1cnc2cc(OCc3cccc(Cl)c3)ccc2c1.CCCNC(=O)c1cnc2cc(OCc3cccc(Cl)c3)ccc2c1.CCOC(=O)Cc1cnc2cc(OCc3ccc(F)cc3)ccc2c1.CCOC(=O)Cc1cnc2cc(OCc3cccc(Cl)c3)ccc2c1.CNC(=O)c1cnc2cc(OCc3cccc(Cl)c3)ccc2c1.CNC(=O)c1cnc2cc(OCc3cccc(Cl)c3)cnc2c1. The lowest BCUT2D eigenvalue weighted by molar-refractivity contribution is -0.143. The standard InChI is InChI=1S/C21H21ClN2O2.C20H19ClN2O2.C20H18ClNO3.C20H18FNO3.C18H15ClN2O2.C17H14ClN3O2/c1-2-3-9-23-21(25)17-11-16-7-8-19(12-20(16)24-13-17)26-14-15-5-4-6-18(22)10-15;1-2-8-22-20(24)16-10-15-6-7-18(11-19(15)23-12-16)25-13-14-4-3-5-17(21)9-14;1-2-24-20(23)10-15-8-16-6-7-18(11-19(16)22-12-15)25-13-14-4-3-5-17(21)9-14;1-2-24-20(23)10-15-9-16-5-8-18(11-19(16)22-12-15)25-13-14-3-6-17(21)7-4-14;1-20-18(22)14-8-13-5-6-16(9-17(13)21-10-14)23-11-12-3-2-4-15(19)7-12;1-19-17(22)12-6-15-16(20-8-12)7-14(9-21-15)23-10-11-3-2-4-13(18)5-11/h4-8,10-13H,2-3,9,14H2,1H3,(H,23,25);3-7,9-12H,2,8,13H2,1H3,(H,22,24);2*3-9,11-12H,2,10,13H2,1H3;2-10H,11H2,1H3,(H,20,22);2-9H,10H2,1H3,(H,19,22). The Kier molecular flexibility index (Phi) is 41.1. The highest BCUT2D eigenvalue weighted by atomic mass is 35.5. The zero-order valence-electron chi connectivity index (χ0n) is 81.3. The quantitative estimate of drug-likeness (QED) is 0.0219. The topological polar surface area (TPSA) is 315 Å². The third-order valence-electron chi connectivity index (χ3n) is 21.9. The van der Waals surface area contributed by atoms with Crippen LogP contribution in [0.5, 0.6) is 34.5 Å². The first-order valence-electron chi connectivity index (χ1n) is 47.2. The van der Waals surface area contributed by atoms with E-state index in [0.29, 0.717) is 136 Å². The van der Waals surface area contributed by atoms with Gasteiger partial charge in [0.1, 0.15) is 80.0 Å². The molecule has 0 radical (unpaired) electrons. The molecule has 0 fully saturated rings. The number of pyridine rings is 7. The van der Waals surface area contributed by atoms with Gasteiger partial charge >= 0.3 is 11.9 Å². The van der Waals surface area contributed by atoms with Gasteiger partial charge in [0.15, 0.2) is 0 Å². The maximum atomic E-state index is 12.9. The van der Waals surface area contributed by atoms with Crippen molar-refractivity contribution < 1.29 is 71.1 Å². The van der Waals surface area contributed by atoms with Crippen molar-refractivity contribution >= 4 is 159 Å². The molecule has 0 bridgehead atoms. The number of carbonyl (C=O) groups is 6. The number of fused-ring (bicyclic) bond motifs is 6. The van der Waals surface area contributed by atoms with E-state index in [4.69, 9.17) is 95.9 Å². The predicted molar refractivity (Wildman–Crippen MR) is 575 cm³/mol. The number of carbonyl (C=O) groups excluding carboxylic acids is 6. The molecule has 0 unspecified atom stereocenters. The van der Waals surface area contributed by atoms with Crippen molar-refractivity contribution in [1.29, 1.82) is 0 Å². The third-order valence-corrected chi connectivity index (χ3v) is 23.0. The number of unbranched alkanes of at least 4 members (excludes halogenated alkanes) is 1. The van der Waals surface area contributed by atoms with E-state index in [1.54, 1.807) is 89.4 Å². The molecule has 0 saturated carbocycles. The summed E-state index contributed by atoms with van der Waals surface area (Å²) in [7, 11) is 3.17. The molecular weight excluding hydrogens is 1970 g/mol. The van der Waals surface area contributed by atoms with E-state index in [1.165, 1.54) is 18.3 Å². The molecule has 4 N–H and O–H groups in total. The molecule has 750 valence electrons. The van der Waals surface area contributed by atoms with Crippen LogP contribution in [0, 0.1) is 5.82 Å². The smallest absolute Gasteiger partial charge is 0.310 e. The van der Waals surface area contributed by atoms with Gasteiger partial charge in [-0.3, -0.25) is 63.7 Å². The normalized spacial score (nSPS) is 10.6. The zero-order chi connectivity index (χ0) is 104. The molecule has 7 heterocycles. The van der Waals surface area contributed by atoms with Crippen LogP contribution in [0.2, 0.25) is 25.1 Å². The second-order valence-electron chi connectivity index (χ2n) is 33.1. The highest BCUT2D eigenvalue weighted by molar-refractivity contribution is 6.32. The molecule has 11 aromatic carbocycles. The van der Waals surface area contributed by atoms with Crippen molar-refractivity contribution in [3.63, 3.8) is 0 Å². The molecule has 4 amide bonds. The van der Waals surface area contributed by atoms with Crippen LogP contribution in [0.3, 0.4) is 0 Å². The van der Waals surface area contributed by atoms with Gasteiger partial charge in [-0.2, -0.15) is 0 Å². The summed E-state index contributed by atoms with van der Waals surface area (Å²) in [6.07, 6.45) is 14.6. The molecule has 7 aromatic heterocycles. The van der Waals surface area contributed by atoms with Crippen LogP contribution in [0.15, 0.2) is 322 Å². The monoisotopic (exact) mass is 2070 g/mol. The van der Waals surface area contributed by atoms with E-state index >= 15 is 0 Å². The number of nitrogens with one attached hydrogen (secondary N) is 4. The number of nitrogens with zero attached hydrogens (tertiary/aromatic N) is 7. The summed E-state index contributed by atoms with van der Waals surface area (Å²) < 4.78 is 57.5. The molecule has 18 aromatic rings. The summed E-state index contributed by atoms with van der Waals surface area (Å²) in [6.45, 7) is 12.3. The minimum absolute atomic E-state index is 0.0888. The number of amides is 4. The van der Waals surface area contributed by atoms with Gasteiger partial charge in [0.2, 0.25) is 0 Å². The number of hydrogen-bond donors (Lipinski definition) is 4. The second-order valence-corrected chi connectivity index (χ2v) is 35.2. The molecule has 25 nitrogen and oxygen atoms in total. The Morgan fingerprint density at radius 2 is 0.558 bits per heavy atom. The second kappa shape index (κ2) is 55.8. The lowest BCUT2D eigenvalue weighted by Crippen LogP contribution is -2.24. The summed E-state index contributed by atoms with van der Waals surface area (Å²) in [5.41, 5.74) is 14.9. The highest BCUT2D eigenvalue weighted by Gasteiger charge is 2.17. The number of esters is 2. The Balaban J connectivity index is 0.000000147. The lowest BCUT2D eigenvalue weighted by Gasteiger charge is -2.09. The summed E-state index contributed by atoms with van der Waals surface area (Å²) in [5.74, 6) is 2.89. The highest BCUT2D eigenvalue weighted by Crippen LogP contribution is 2.31. The number of benzene rings is 11. The largest absolute Gasteiger partial charge is 0.489 e. The minimum atomic E-state index is -0.266. The number of ether oxygens (including phenoxy) is 8. The summed E-state index contributed by atoms with van der Waals surface area (Å²) in [4.78, 5) is 101. The number of halogens is 6. The Labute approximate surface area is 874 Å². The van der Waals surface area contributed by atoms with Crippen molar-refractivity contribution in [3.05, 3.63) is 420 Å². The van der Waals surface area contributed by atoms with Gasteiger partial charge in [0.25, 0.3) is 23.6 Å². The summed E-state index contributed by atoms with van der Waals surface area (Å²) in [6, 6.07) is 85.0. The molecule has 0 spiro atoms. The fourth-order valence-electron chi connectivity index (χ4n) is 14.4. The van der Waals surface area contributed by atoms with Gasteiger partial charge in [-0.1, -0.05) is 151 Å². The van der Waals surface area contributed by atoms with Crippen LogP contribution in [0.1, 0.15) is 133 Å². The maximum Gasteiger partial charge on any atom is 0.310 e. The van der Waals surface area contributed by atoms with Crippen LogP contribution in [-0.4, -0.2) is 111 Å². The minimum Gasteiger partial charge on any atom is -0.489 e. The Hall–Kier alpha value is -16.0. The maximum absolute atomic E-state index is 12.9. The van der Waals surface area contributed by atoms with Crippen molar-refractivity contribution in [2.24, 2.45) is 0 Å². The third kappa shape index (κ3) is 34.4. The molecule has 18 rings (SSSR count). The van der Waals surface area contributed by atoms with Crippen molar-refractivity contribution in [3.8, 4) is 34.5 Å². The number of hydrogen-bond acceptors (Lipinski definition) is 21. The molecule has 31 heteroatoms. The van der Waals surface area contributed by atoms with E-state index in [1.807, 2.05) is 250 Å². The van der Waals surface area contributed by atoms with E-state index < -0.39 is 0 Å². The first kappa shape index (κ1) is 108. The van der Waals surface area contributed by atoms with Gasteiger partial charge in [0, 0.05) is 153 Å². The fraction of sp³-hybridized carbons (Fsp3) is 0.181. The summed E-state index contributed by atoms with van der Waals surface area (Å²) in [5, 5.41) is 18.9. The molecule has 0 saturated heterocycles. The zero-order valence-corrected chi connectivity index (χ0v) is 85.1. The molecule has 0 aliphatic carbocycles.